The summed E-state index contributed by atoms with van der Waals surface area (Å²) in [6.07, 6.45) is 1.51. The molecule has 25 heavy (non-hydrogen) atoms. The van der Waals surface area contributed by atoms with Crippen LogP contribution in [0.1, 0.15) is 0 Å². The molecule has 1 aromatic carbocycles. The average Bonchev–Trinajstić information content (AvgIpc) is 2.57. The summed E-state index contributed by atoms with van der Waals surface area (Å²) in [5, 5.41) is 3.12. The molecule has 3 aliphatic heterocycles. The number of fused-ring (bicyclic) bond motifs is 4. The molecule has 2 aromatic rings. The molecule has 0 bridgehead atoms. The monoisotopic (exact) mass is 336 g/mol. The summed E-state index contributed by atoms with van der Waals surface area (Å²) in [5.41, 5.74) is 12.4. The van der Waals surface area contributed by atoms with E-state index in [2.05, 4.69) is 30.2 Å². The molecule has 0 radical (unpaired) electrons. The zero-order chi connectivity index (χ0) is 17.1. The largest absolute Gasteiger partial charge is 0.435 e. The fourth-order valence-electron chi connectivity index (χ4n) is 2.51. The molecule has 122 valence electrons. The van der Waals surface area contributed by atoms with E-state index in [1.54, 1.807) is 12.1 Å². The average molecular weight is 336 g/mol. The summed E-state index contributed by atoms with van der Waals surface area (Å²) in [6.45, 7) is 0. The second kappa shape index (κ2) is 4.50. The molecule has 0 spiro atoms. The maximum absolute atomic E-state index is 11.9. The van der Waals surface area contributed by atoms with Gasteiger partial charge in [0.2, 0.25) is 17.8 Å². The van der Waals surface area contributed by atoms with Crippen LogP contribution in [-0.2, 0) is 0 Å². The van der Waals surface area contributed by atoms with Gasteiger partial charge in [0.25, 0.3) is 5.89 Å². The summed E-state index contributed by atoms with van der Waals surface area (Å²) in [6, 6.07) is 3.27. The van der Waals surface area contributed by atoms with Crippen LogP contribution in [0.3, 0.4) is 0 Å². The highest BCUT2D eigenvalue weighted by Gasteiger charge is 2.22. The third kappa shape index (κ3) is 1.99. The Bertz CT molecular complexity index is 1200. The Morgan fingerprint density at radius 1 is 1.00 bits per heavy atom. The van der Waals surface area contributed by atoms with Crippen molar-refractivity contribution >= 4 is 34.4 Å². The van der Waals surface area contributed by atoms with Crippen LogP contribution in [0.5, 0.6) is 11.6 Å². The molecule has 0 atom stereocenters. The maximum atomic E-state index is 11.9. The van der Waals surface area contributed by atoms with Gasteiger partial charge in [0.1, 0.15) is 11.2 Å². The quantitative estimate of drug-likeness (QED) is 0.343. The number of nitrogens with zero attached hydrogens (tertiary/aromatic N) is 5. The van der Waals surface area contributed by atoms with Crippen molar-refractivity contribution in [2.75, 3.05) is 16.8 Å². The molecule has 11 nitrogen and oxygen atoms in total. The fourth-order valence-corrected chi connectivity index (χ4v) is 2.51. The molecule has 5 rings (SSSR count). The van der Waals surface area contributed by atoms with Gasteiger partial charge in [-0.2, -0.15) is 15.0 Å². The molecule has 0 fully saturated rings. The lowest BCUT2D eigenvalue weighted by atomic mass is 10.2. The van der Waals surface area contributed by atoms with Crippen LogP contribution >= 0.6 is 0 Å². The van der Waals surface area contributed by atoms with E-state index in [4.69, 9.17) is 20.6 Å². The van der Waals surface area contributed by atoms with Crippen molar-refractivity contribution < 1.29 is 9.15 Å². The Hall–Kier alpha value is -4.02. The highest BCUT2D eigenvalue weighted by Crippen LogP contribution is 2.42. The molecule has 11 heteroatoms. The van der Waals surface area contributed by atoms with E-state index in [0.29, 0.717) is 28.2 Å². The number of anilines is 4. The topological polar surface area (TPSA) is 168 Å². The Morgan fingerprint density at radius 2 is 1.88 bits per heavy atom. The van der Waals surface area contributed by atoms with Gasteiger partial charge in [0.15, 0.2) is 17.0 Å². The predicted octanol–water partition coefficient (Wildman–Crippen LogP) is 0.886. The van der Waals surface area contributed by atoms with Gasteiger partial charge >= 0.3 is 5.56 Å². The standard InChI is InChI=1S/C14H8N8O3/c15-13-17-3-6-11(21-13)24-7-2-5-8(1-4(7)18-6)25-12-9(19-5)10(23)20-14(16)22-12/h1-3,18H,(H2,15,17,21)(H2,16,20,23). The summed E-state index contributed by atoms with van der Waals surface area (Å²) in [7, 11) is 0. The number of nitrogens with two attached hydrogens (primary N) is 2. The first-order valence-corrected chi connectivity index (χ1v) is 7.06. The zero-order valence-electron chi connectivity index (χ0n) is 12.3. The zero-order valence-corrected chi connectivity index (χ0v) is 12.3. The summed E-state index contributed by atoms with van der Waals surface area (Å²) >= 11 is 0. The first kappa shape index (κ1) is 13.4. The van der Waals surface area contributed by atoms with Gasteiger partial charge in [-0.05, 0) is 0 Å². The van der Waals surface area contributed by atoms with Crippen LogP contribution in [0.25, 0.3) is 22.7 Å². The van der Waals surface area contributed by atoms with E-state index in [1.807, 2.05) is 0 Å². The second-order valence-corrected chi connectivity index (χ2v) is 5.24. The van der Waals surface area contributed by atoms with Crippen LogP contribution in [0.2, 0.25) is 0 Å². The molecule has 4 heterocycles. The van der Waals surface area contributed by atoms with Gasteiger partial charge in [-0.1, -0.05) is 0 Å². The van der Waals surface area contributed by atoms with E-state index >= 15 is 0 Å². The van der Waals surface area contributed by atoms with Gasteiger partial charge in [-0.15, -0.1) is 0 Å². The minimum atomic E-state index is -0.615. The minimum Gasteiger partial charge on any atom is -0.435 e. The number of aromatic nitrogens is 5. The van der Waals surface area contributed by atoms with Crippen molar-refractivity contribution in [2.45, 2.75) is 0 Å². The van der Waals surface area contributed by atoms with Crippen LogP contribution in [0.15, 0.2) is 27.5 Å². The number of nitrogen functional groups attached to an aromatic ring is 2. The summed E-state index contributed by atoms with van der Waals surface area (Å²) in [5.74, 6) is 0.667. The van der Waals surface area contributed by atoms with Crippen LogP contribution < -0.4 is 27.1 Å². The number of hydrogen-bond acceptors (Lipinski definition) is 11. The molecular formula is C14H8N8O3. The number of hydrogen-bond donors (Lipinski definition) is 3. The Balaban J connectivity index is 1.74. The van der Waals surface area contributed by atoms with Crippen molar-refractivity contribution in [1.29, 1.82) is 0 Å². The lowest BCUT2D eigenvalue weighted by Gasteiger charge is -2.20. The maximum Gasteiger partial charge on any atom is 0.304 e. The van der Waals surface area contributed by atoms with Crippen molar-refractivity contribution in [3.05, 3.63) is 28.7 Å². The highest BCUT2D eigenvalue weighted by molar-refractivity contribution is 5.86. The number of ether oxygens (including phenoxy) is 1. The second-order valence-electron chi connectivity index (χ2n) is 5.24. The van der Waals surface area contributed by atoms with E-state index in [9.17, 15) is 4.79 Å². The molecule has 0 saturated carbocycles. The van der Waals surface area contributed by atoms with Gasteiger partial charge in [-0.3, -0.25) is 4.79 Å². The number of nitrogens with one attached hydrogen (secondary N) is 1. The van der Waals surface area contributed by atoms with Gasteiger partial charge < -0.3 is 25.9 Å². The fraction of sp³-hybridized carbons (Fsp3) is 0. The lowest BCUT2D eigenvalue weighted by Crippen LogP contribution is -2.16. The molecule has 5 N–H and O–H groups in total. The molecule has 1 aromatic heterocycles. The minimum absolute atomic E-state index is 0.0122. The van der Waals surface area contributed by atoms with Crippen molar-refractivity contribution in [2.24, 2.45) is 0 Å². The third-order valence-electron chi connectivity index (χ3n) is 3.59. The van der Waals surface area contributed by atoms with Crippen molar-refractivity contribution in [3.63, 3.8) is 0 Å². The SMILES string of the molecule is Nc1ncc2c(n1)Oc1cc3nc4c(=O)nc(N)nc-4oc3cc1N2. The van der Waals surface area contributed by atoms with Gasteiger partial charge in [0, 0.05) is 12.1 Å². The lowest BCUT2D eigenvalue weighted by molar-refractivity contribution is 0.461. The molecule has 0 saturated heterocycles. The third-order valence-corrected chi connectivity index (χ3v) is 3.59. The molecule has 0 unspecified atom stereocenters. The van der Waals surface area contributed by atoms with E-state index in [0.717, 1.165) is 0 Å². The van der Waals surface area contributed by atoms with E-state index in [-0.39, 0.29) is 29.4 Å². The normalized spacial score (nSPS) is 12.3. The first-order chi connectivity index (χ1) is 12.1. The first-order valence-electron chi connectivity index (χ1n) is 7.06. The molecular weight excluding hydrogens is 328 g/mol. The Kier molecular flexibility index (Phi) is 2.42. The van der Waals surface area contributed by atoms with Gasteiger partial charge in [-0.25, -0.2) is 9.97 Å². The predicted molar refractivity (Wildman–Crippen MR) is 86.7 cm³/mol. The molecule has 0 aliphatic carbocycles. The van der Waals surface area contributed by atoms with E-state index in [1.165, 1.54) is 6.20 Å². The van der Waals surface area contributed by atoms with Crippen LogP contribution in [0.4, 0.5) is 23.3 Å². The Morgan fingerprint density at radius 3 is 2.76 bits per heavy atom. The van der Waals surface area contributed by atoms with Crippen LogP contribution in [0, 0.1) is 0 Å². The van der Waals surface area contributed by atoms with E-state index < -0.39 is 5.56 Å². The van der Waals surface area contributed by atoms with Crippen LogP contribution in [-0.4, -0.2) is 24.9 Å². The summed E-state index contributed by atoms with van der Waals surface area (Å²) in [4.78, 5) is 31.5. The Labute approximate surface area is 138 Å². The van der Waals surface area contributed by atoms with Crippen molar-refractivity contribution in [3.8, 4) is 23.2 Å². The smallest absolute Gasteiger partial charge is 0.304 e. The number of rotatable bonds is 0. The summed E-state index contributed by atoms with van der Waals surface area (Å²) < 4.78 is 11.4. The molecule has 3 aliphatic rings. The molecule has 0 amide bonds. The van der Waals surface area contributed by atoms with Gasteiger partial charge in [0.05, 0.1) is 11.9 Å². The van der Waals surface area contributed by atoms with Crippen molar-refractivity contribution in [1.82, 2.24) is 24.9 Å². The number of benzene rings is 1. The highest BCUT2D eigenvalue weighted by atomic mass is 16.5.